The fourth-order valence-corrected chi connectivity index (χ4v) is 3.44. The van der Waals surface area contributed by atoms with Gasteiger partial charge in [0.05, 0.1) is 10.5 Å². The lowest BCUT2D eigenvalue weighted by atomic mass is 10.2. The summed E-state index contributed by atoms with van der Waals surface area (Å²) >= 11 is 5.73. The smallest absolute Gasteiger partial charge is 0.418 e. The molecule has 0 unspecified atom stereocenters. The minimum Gasteiger partial charge on any atom is -0.444 e. The molecule has 0 atom stereocenters. The van der Waals surface area contributed by atoms with Gasteiger partial charge in [-0.1, -0.05) is 52.7 Å². The predicted octanol–water partition coefficient (Wildman–Crippen LogP) is 4.97. The average molecular weight is 385 g/mol. The summed E-state index contributed by atoms with van der Waals surface area (Å²) in [7, 11) is 2.59. The molecule has 9 heteroatoms. The number of hydrogen-bond donors (Lipinski definition) is 1. The third kappa shape index (κ3) is 5.95. The van der Waals surface area contributed by atoms with E-state index in [2.05, 4.69) is 4.72 Å². The van der Waals surface area contributed by atoms with Gasteiger partial charge in [-0.15, -0.1) is 0 Å². The van der Waals surface area contributed by atoms with E-state index in [0.29, 0.717) is 0 Å². The Hall–Kier alpha value is -1.90. The Labute approximate surface area is 151 Å². The van der Waals surface area contributed by atoms with Gasteiger partial charge in [0.1, 0.15) is 6.61 Å². The van der Waals surface area contributed by atoms with Gasteiger partial charge in [-0.2, -0.15) is 0 Å². The Bertz CT molecular complexity index is 716. The number of nitro groups is 1. The van der Waals surface area contributed by atoms with Crippen LogP contribution in [0.4, 0.5) is 10.5 Å². The van der Waals surface area contributed by atoms with Gasteiger partial charge in [0, 0.05) is 27.8 Å². The van der Waals surface area contributed by atoms with Gasteiger partial charge in [-0.25, -0.2) is 4.79 Å². The number of amides is 1. The second-order valence-corrected chi connectivity index (χ2v) is 7.08. The van der Waals surface area contributed by atoms with Crippen LogP contribution in [-0.4, -0.2) is 11.0 Å². The van der Waals surface area contributed by atoms with E-state index in [1.807, 2.05) is 30.3 Å². The fourth-order valence-electron chi connectivity index (χ4n) is 1.74. The highest BCUT2D eigenvalue weighted by atomic mass is 35.5. The molecule has 0 saturated heterocycles. The average Bonchev–Trinajstić information content (AvgIpc) is 2.58. The molecule has 0 saturated carbocycles. The van der Waals surface area contributed by atoms with E-state index in [-0.39, 0.29) is 22.9 Å². The molecule has 0 aromatic heterocycles. The summed E-state index contributed by atoms with van der Waals surface area (Å²) in [6.45, 7) is -0.205. The molecule has 0 aliphatic carbocycles. The molecule has 0 aliphatic rings. The third-order valence-corrected chi connectivity index (χ3v) is 4.87. The first-order valence-corrected chi connectivity index (χ1v) is 9.44. The van der Waals surface area contributed by atoms with Gasteiger partial charge < -0.3 is 4.74 Å². The second kappa shape index (κ2) is 9.41. The first kappa shape index (κ1) is 18.4. The highest BCUT2D eigenvalue weighted by Crippen LogP contribution is 2.25. The predicted molar refractivity (Wildman–Crippen MR) is 96.8 cm³/mol. The second-order valence-electron chi connectivity index (χ2n) is 4.54. The van der Waals surface area contributed by atoms with Crippen LogP contribution in [0.2, 0.25) is 5.02 Å². The number of carbonyl (C=O) groups excluding carboxylic acids is 1. The molecule has 0 fully saturated rings. The largest absolute Gasteiger partial charge is 0.444 e. The SMILES string of the molecule is O=C(NSSCc1ccccc1)OCc1ccc(Cl)cc1[N+](=O)[O-]. The first-order chi connectivity index (χ1) is 11.6. The highest BCUT2D eigenvalue weighted by molar-refractivity contribution is 8.75. The molecule has 2 aromatic rings. The van der Waals surface area contributed by atoms with Crippen molar-refractivity contribution in [3.8, 4) is 0 Å². The zero-order valence-electron chi connectivity index (χ0n) is 12.3. The highest BCUT2D eigenvalue weighted by Gasteiger charge is 2.15. The van der Waals surface area contributed by atoms with Crippen LogP contribution in [0.5, 0.6) is 0 Å². The topological polar surface area (TPSA) is 81.5 Å². The monoisotopic (exact) mass is 384 g/mol. The minimum atomic E-state index is -0.662. The standard InChI is InChI=1S/C15H13ClN2O4S2/c16-13-7-6-12(14(8-13)18(20)21)9-22-15(19)17-24-23-10-11-4-2-1-3-5-11/h1-8H,9-10H2,(H,17,19). The van der Waals surface area contributed by atoms with Crippen LogP contribution >= 0.6 is 33.4 Å². The van der Waals surface area contributed by atoms with E-state index in [1.165, 1.54) is 29.0 Å². The Morgan fingerprint density at radius 3 is 2.71 bits per heavy atom. The summed E-state index contributed by atoms with van der Waals surface area (Å²) in [5, 5.41) is 11.2. The summed E-state index contributed by atoms with van der Waals surface area (Å²) < 4.78 is 7.49. The van der Waals surface area contributed by atoms with E-state index in [1.54, 1.807) is 0 Å². The molecule has 126 valence electrons. The zero-order chi connectivity index (χ0) is 17.4. The zero-order valence-corrected chi connectivity index (χ0v) is 14.7. The number of rotatable bonds is 7. The van der Waals surface area contributed by atoms with Crippen molar-refractivity contribution in [1.82, 2.24) is 4.72 Å². The summed E-state index contributed by atoms with van der Waals surface area (Å²) in [5.41, 5.74) is 1.24. The molecule has 2 aromatic carbocycles. The molecule has 0 radical (unpaired) electrons. The molecule has 1 amide bonds. The molecule has 0 spiro atoms. The van der Waals surface area contributed by atoms with Gasteiger partial charge in [0.15, 0.2) is 0 Å². The van der Waals surface area contributed by atoms with Gasteiger partial charge in [0.2, 0.25) is 0 Å². The molecule has 1 N–H and O–H groups in total. The van der Waals surface area contributed by atoms with E-state index >= 15 is 0 Å². The van der Waals surface area contributed by atoms with Gasteiger partial charge >= 0.3 is 6.09 Å². The number of ether oxygens (including phenoxy) is 1. The number of carbonyl (C=O) groups is 1. The number of nitro benzene ring substituents is 1. The van der Waals surface area contributed by atoms with Crippen molar-refractivity contribution in [3.05, 3.63) is 74.8 Å². The van der Waals surface area contributed by atoms with Crippen LogP contribution in [0.3, 0.4) is 0 Å². The molecular formula is C15H13ClN2O4S2. The lowest BCUT2D eigenvalue weighted by Crippen LogP contribution is -2.16. The van der Waals surface area contributed by atoms with Crippen LogP contribution in [0.15, 0.2) is 48.5 Å². The van der Waals surface area contributed by atoms with E-state index < -0.39 is 11.0 Å². The maximum Gasteiger partial charge on any atom is 0.418 e. The van der Waals surface area contributed by atoms with Gasteiger partial charge in [0.25, 0.3) is 5.69 Å². The first-order valence-electron chi connectivity index (χ1n) is 6.74. The summed E-state index contributed by atoms with van der Waals surface area (Å²) in [5.74, 6) is 0.731. The van der Waals surface area contributed by atoms with Crippen molar-refractivity contribution in [3.63, 3.8) is 0 Å². The van der Waals surface area contributed by atoms with E-state index in [9.17, 15) is 14.9 Å². The van der Waals surface area contributed by atoms with Gasteiger partial charge in [-0.3, -0.25) is 14.8 Å². The van der Waals surface area contributed by atoms with Crippen LogP contribution in [0.25, 0.3) is 0 Å². The lowest BCUT2D eigenvalue weighted by Gasteiger charge is -2.07. The minimum absolute atomic E-state index is 0.179. The molecule has 0 bridgehead atoms. The normalized spacial score (nSPS) is 10.2. The Morgan fingerprint density at radius 1 is 1.25 bits per heavy atom. The maximum atomic E-state index is 11.6. The molecule has 0 aliphatic heterocycles. The Morgan fingerprint density at radius 2 is 2.00 bits per heavy atom. The van der Waals surface area contributed by atoms with Gasteiger partial charge in [-0.05, 0) is 17.7 Å². The van der Waals surface area contributed by atoms with Crippen LogP contribution in [0.1, 0.15) is 11.1 Å². The summed E-state index contributed by atoms with van der Waals surface area (Å²) in [4.78, 5) is 22.0. The third-order valence-electron chi connectivity index (χ3n) is 2.86. The molecule has 0 heterocycles. The summed E-state index contributed by atoms with van der Waals surface area (Å²) in [6.07, 6.45) is -0.662. The number of nitrogens with zero attached hydrogens (tertiary/aromatic N) is 1. The van der Waals surface area contributed by atoms with Crippen LogP contribution in [-0.2, 0) is 17.1 Å². The number of halogens is 1. The molecular weight excluding hydrogens is 372 g/mol. The molecule has 24 heavy (non-hydrogen) atoms. The Kier molecular flexibility index (Phi) is 7.23. The van der Waals surface area contributed by atoms with Crippen molar-refractivity contribution in [1.29, 1.82) is 0 Å². The van der Waals surface area contributed by atoms with E-state index in [0.717, 1.165) is 22.3 Å². The Balaban J connectivity index is 1.74. The quantitative estimate of drug-likeness (QED) is 0.238. The van der Waals surface area contributed by atoms with Crippen LogP contribution in [0, 0.1) is 10.1 Å². The molecule has 2 rings (SSSR count). The van der Waals surface area contributed by atoms with Crippen molar-refractivity contribution < 1.29 is 14.5 Å². The van der Waals surface area contributed by atoms with Crippen molar-refractivity contribution >= 4 is 45.2 Å². The van der Waals surface area contributed by atoms with Crippen molar-refractivity contribution in [2.75, 3.05) is 0 Å². The molecule has 6 nitrogen and oxygen atoms in total. The lowest BCUT2D eigenvalue weighted by molar-refractivity contribution is -0.385. The van der Waals surface area contributed by atoms with Crippen LogP contribution < -0.4 is 4.72 Å². The fraction of sp³-hybridized carbons (Fsp3) is 0.133. The number of nitrogens with one attached hydrogen (secondary N) is 1. The maximum absolute atomic E-state index is 11.6. The van der Waals surface area contributed by atoms with E-state index in [4.69, 9.17) is 16.3 Å². The number of hydrogen-bond acceptors (Lipinski definition) is 6. The van der Waals surface area contributed by atoms with Crippen molar-refractivity contribution in [2.45, 2.75) is 12.4 Å². The summed E-state index contributed by atoms with van der Waals surface area (Å²) in [6, 6.07) is 14.0. The number of benzene rings is 2. The van der Waals surface area contributed by atoms with Crippen molar-refractivity contribution in [2.24, 2.45) is 0 Å².